The van der Waals surface area contributed by atoms with E-state index in [1.165, 1.54) is 25.7 Å². The van der Waals surface area contributed by atoms with Crippen LogP contribution in [0.25, 0.3) is 0 Å². The predicted molar refractivity (Wildman–Crippen MR) is 80.3 cm³/mol. The quantitative estimate of drug-likeness (QED) is 0.752. The summed E-state index contributed by atoms with van der Waals surface area (Å²) in [5, 5.41) is 3.11. The highest BCUT2D eigenvalue weighted by Crippen LogP contribution is 2.51. The first-order valence-electron chi connectivity index (χ1n) is 8.00. The molecular formula is C16H30N2O2. The van der Waals surface area contributed by atoms with Crippen molar-refractivity contribution in [2.75, 3.05) is 13.2 Å². The number of nitrogens with one attached hydrogen (secondary N) is 1. The number of ether oxygens (including phenoxy) is 1. The maximum atomic E-state index is 12.5. The molecule has 20 heavy (non-hydrogen) atoms. The van der Waals surface area contributed by atoms with Crippen LogP contribution in [-0.4, -0.2) is 30.7 Å². The topological polar surface area (TPSA) is 64.4 Å². The van der Waals surface area contributed by atoms with Crippen molar-refractivity contribution in [3.05, 3.63) is 0 Å². The molecule has 0 radical (unpaired) electrons. The minimum Gasteiger partial charge on any atom is -0.378 e. The lowest BCUT2D eigenvalue weighted by atomic mass is 9.54. The van der Waals surface area contributed by atoms with E-state index in [1.807, 2.05) is 20.8 Å². The number of carbonyl (C=O) groups is 1. The Morgan fingerprint density at radius 1 is 1.35 bits per heavy atom. The Morgan fingerprint density at radius 2 is 2.00 bits per heavy atom. The van der Waals surface area contributed by atoms with Crippen LogP contribution in [0.4, 0.5) is 0 Å². The lowest BCUT2D eigenvalue weighted by Crippen LogP contribution is -2.76. The molecule has 2 unspecified atom stereocenters. The molecule has 0 bridgehead atoms. The van der Waals surface area contributed by atoms with Crippen molar-refractivity contribution < 1.29 is 9.53 Å². The molecule has 4 nitrogen and oxygen atoms in total. The van der Waals surface area contributed by atoms with E-state index in [0.717, 1.165) is 6.54 Å². The Bertz CT molecular complexity index is 377. The van der Waals surface area contributed by atoms with Crippen LogP contribution in [0.3, 0.4) is 0 Å². The van der Waals surface area contributed by atoms with E-state index in [0.29, 0.717) is 18.4 Å². The predicted octanol–water partition coefficient (Wildman–Crippen LogP) is 2.22. The van der Waals surface area contributed by atoms with Crippen molar-refractivity contribution >= 4 is 5.91 Å². The minimum atomic E-state index is -0.783. The molecular weight excluding hydrogens is 252 g/mol. The first-order valence-corrected chi connectivity index (χ1v) is 8.00. The maximum absolute atomic E-state index is 12.5. The van der Waals surface area contributed by atoms with Crippen LogP contribution in [0.2, 0.25) is 0 Å². The molecule has 0 aromatic carbocycles. The Hall–Kier alpha value is -0.610. The normalized spacial score (nSPS) is 33.4. The van der Waals surface area contributed by atoms with Gasteiger partial charge in [-0.3, -0.25) is 4.79 Å². The fourth-order valence-corrected chi connectivity index (χ4v) is 3.47. The van der Waals surface area contributed by atoms with E-state index in [9.17, 15) is 4.79 Å². The molecule has 4 heteroatoms. The molecule has 2 atom stereocenters. The highest BCUT2D eigenvalue weighted by molar-refractivity contribution is 5.88. The maximum Gasteiger partial charge on any atom is 0.240 e. The summed E-state index contributed by atoms with van der Waals surface area (Å²) in [5.74, 6) is 0.000770. The summed E-state index contributed by atoms with van der Waals surface area (Å²) in [6.07, 6.45) is 5.58. The SMILES string of the molecule is CCCC1(CNC(=O)C2(N)CC(OCC)C2(C)C)CC1. The third-order valence-corrected chi connectivity index (χ3v) is 5.60. The summed E-state index contributed by atoms with van der Waals surface area (Å²) in [4.78, 5) is 12.5. The highest BCUT2D eigenvalue weighted by atomic mass is 16.5. The van der Waals surface area contributed by atoms with Crippen LogP contribution in [0.15, 0.2) is 0 Å². The van der Waals surface area contributed by atoms with Crippen LogP contribution in [0.5, 0.6) is 0 Å². The Labute approximate surface area is 122 Å². The van der Waals surface area contributed by atoms with E-state index in [2.05, 4.69) is 12.2 Å². The van der Waals surface area contributed by atoms with Crippen LogP contribution >= 0.6 is 0 Å². The Morgan fingerprint density at radius 3 is 2.45 bits per heavy atom. The zero-order valence-electron chi connectivity index (χ0n) is 13.4. The average Bonchev–Trinajstić information content (AvgIpc) is 3.16. The van der Waals surface area contributed by atoms with Gasteiger partial charge in [-0.25, -0.2) is 0 Å². The first-order chi connectivity index (χ1) is 9.31. The summed E-state index contributed by atoms with van der Waals surface area (Å²) in [6.45, 7) is 9.71. The molecule has 0 aromatic heterocycles. The van der Waals surface area contributed by atoms with Gasteiger partial charge in [-0.05, 0) is 31.6 Å². The van der Waals surface area contributed by atoms with Crippen LogP contribution in [0, 0.1) is 10.8 Å². The molecule has 116 valence electrons. The summed E-state index contributed by atoms with van der Waals surface area (Å²) in [6, 6.07) is 0. The van der Waals surface area contributed by atoms with Crippen LogP contribution in [-0.2, 0) is 9.53 Å². The van der Waals surface area contributed by atoms with Gasteiger partial charge in [-0.15, -0.1) is 0 Å². The number of hydrogen-bond donors (Lipinski definition) is 2. The summed E-state index contributed by atoms with van der Waals surface area (Å²) < 4.78 is 5.68. The number of carbonyl (C=O) groups excluding carboxylic acids is 1. The summed E-state index contributed by atoms with van der Waals surface area (Å²) in [7, 11) is 0. The van der Waals surface area contributed by atoms with Crippen LogP contribution < -0.4 is 11.1 Å². The minimum absolute atomic E-state index is 0.000770. The van der Waals surface area contributed by atoms with E-state index in [-0.39, 0.29) is 17.4 Å². The highest BCUT2D eigenvalue weighted by Gasteiger charge is 2.63. The molecule has 2 saturated carbocycles. The summed E-state index contributed by atoms with van der Waals surface area (Å²) in [5.41, 5.74) is 5.67. The van der Waals surface area contributed by atoms with Gasteiger partial charge in [0.2, 0.25) is 5.91 Å². The van der Waals surface area contributed by atoms with Crippen molar-refractivity contribution in [2.45, 2.75) is 71.4 Å². The van der Waals surface area contributed by atoms with Crippen molar-refractivity contribution in [3.8, 4) is 0 Å². The fourth-order valence-electron chi connectivity index (χ4n) is 3.47. The van der Waals surface area contributed by atoms with E-state index in [4.69, 9.17) is 10.5 Å². The third-order valence-electron chi connectivity index (χ3n) is 5.60. The molecule has 2 rings (SSSR count). The van der Waals surface area contributed by atoms with Gasteiger partial charge in [0, 0.05) is 25.0 Å². The average molecular weight is 282 g/mol. The number of rotatable bonds is 7. The Balaban J connectivity index is 1.90. The van der Waals surface area contributed by atoms with Gasteiger partial charge in [0.25, 0.3) is 0 Å². The van der Waals surface area contributed by atoms with E-state index < -0.39 is 5.54 Å². The smallest absolute Gasteiger partial charge is 0.240 e. The molecule has 0 aromatic rings. The molecule has 0 spiro atoms. The molecule has 1 amide bonds. The van der Waals surface area contributed by atoms with Gasteiger partial charge in [0.15, 0.2) is 0 Å². The van der Waals surface area contributed by atoms with Crippen molar-refractivity contribution in [2.24, 2.45) is 16.6 Å². The molecule has 0 heterocycles. The third kappa shape index (κ3) is 2.48. The fraction of sp³-hybridized carbons (Fsp3) is 0.938. The lowest BCUT2D eigenvalue weighted by Gasteiger charge is -2.57. The second-order valence-corrected chi connectivity index (χ2v) is 7.27. The largest absolute Gasteiger partial charge is 0.378 e. The number of hydrogen-bond acceptors (Lipinski definition) is 3. The standard InChI is InChI=1S/C16H30N2O2/c1-5-7-15(8-9-15)11-18-13(19)16(17)10-12(20-6-2)14(16,3)4/h12H,5-11,17H2,1-4H3,(H,18,19). The van der Waals surface area contributed by atoms with E-state index in [1.54, 1.807) is 0 Å². The lowest BCUT2D eigenvalue weighted by molar-refractivity contribution is -0.170. The molecule has 2 aliphatic carbocycles. The van der Waals surface area contributed by atoms with E-state index >= 15 is 0 Å². The Kier molecular flexibility index (Phi) is 4.18. The molecule has 0 aliphatic heterocycles. The number of nitrogens with two attached hydrogens (primary N) is 1. The van der Waals surface area contributed by atoms with Crippen molar-refractivity contribution in [3.63, 3.8) is 0 Å². The second kappa shape index (κ2) is 5.30. The second-order valence-electron chi connectivity index (χ2n) is 7.27. The van der Waals surface area contributed by atoms with Gasteiger partial charge >= 0.3 is 0 Å². The zero-order chi connectivity index (χ0) is 15.0. The molecule has 2 fully saturated rings. The van der Waals surface area contributed by atoms with Crippen molar-refractivity contribution in [1.29, 1.82) is 0 Å². The van der Waals surface area contributed by atoms with Crippen molar-refractivity contribution in [1.82, 2.24) is 5.32 Å². The molecule has 2 aliphatic rings. The number of amides is 1. The molecule has 0 saturated heterocycles. The van der Waals surface area contributed by atoms with Gasteiger partial charge in [-0.1, -0.05) is 27.2 Å². The van der Waals surface area contributed by atoms with Gasteiger partial charge in [0.1, 0.15) is 5.54 Å². The molecule has 3 N–H and O–H groups in total. The van der Waals surface area contributed by atoms with Gasteiger partial charge < -0.3 is 15.8 Å². The monoisotopic (exact) mass is 282 g/mol. The van der Waals surface area contributed by atoms with Gasteiger partial charge in [0.05, 0.1) is 6.10 Å². The van der Waals surface area contributed by atoms with Crippen LogP contribution in [0.1, 0.15) is 59.8 Å². The first kappa shape index (κ1) is 15.8. The zero-order valence-corrected chi connectivity index (χ0v) is 13.4. The van der Waals surface area contributed by atoms with Gasteiger partial charge in [-0.2, -0.15) is 0 Å². The summed E-state index contributed by atoms with van der Waals surface area (Å²) >= 11 is 0.